The number of methoxy groups -OCH3 is 1. The van der Waals surface area contributed by atoms with Gasteiger partial charge in [0.2, 0.25) is 0 Å². The molecule has 0 saturated carbocycles. The van der Waals surface area contributed by atoms with Crippen molar-refractivity contribution in [3.8, 4) is 6.07 Å². The van der Waals surface area contributed by atoms with Gasteiger partial charge in [0, 0.05) is 12.5 Å². The van der Waals surface area contributed by atoms with E-state index in [1.807, 2.05) is 0 Å². The lowest BCUT2D eigenvalue weighted by Gasteiger charge is -2.43. The highest BCUT2D eigenvalue weighted by Crippen LogP contribution is 2.65. The Labute approximate surface area is 165 Å². The third kappa shape index (κ3) is 3.09. The van der Waals surface area contributed by atoms with E-state index in [9.17, 15) is 27.1 Å². The lowest BCUT2D eigenvalue weighted by molar-refractivity contribution is -0.137. The standard InChI is InChI=1S/C17H18F3N3O5S/c1-27-16(24)22-12-5-13-15-10(14(12)28-13)7-23(29(15,25)26)9-3-2-8(6-21)11(4-9)17(18,19)20/h2-4,10,12-15,25-26H,5,7H2,1H3,(H,22,24)/t10-,12+,13-,14-,15-/m1/s1. The van der Waals surface area contributed by atoms with Crippen molar-refractivity contribution in [3.05, 3.63) is 29.3 Å². The van der Waals surface area contributed by atoms with Crippen molar-refractivity contribution < 1.29 is 36.5 Å². The number of nitrogens with one attached hydrogen (secondary N) is 1. The van der Waals surface area contributed by atoms with Gasteiger partial charge in [-0.05, 0) is 24.6 Å². The molecular formula is C17H18F3N3O5S. The van der Waals surface area contributed by atoms with Crippen molar-refractivity contribution in [2.75, 3.05) is 18.0 Å². The Balaban J connectivity index is 1.64. The van der Waals surface area contributed by atoms with Crippen LogP contribution in [0.4, 0.5) is 23.7 Å². The van der Waals surface area contributed by atoms with E-state index in [-0.39, 0.29) is 24.2 Å². The lowest BCUT2D eigenvalue weighted by Crippen LogP contribution is -2.48. The number of halogens is 3. The molecule has 0 radical (unpaired) electrons. The molecule has 1 aromatic rings. The van der Waals surface area contributed by atoms with Crippen LogP contribution in [0.25, 0.3) is 0 Å². The summed E-state index contributed by atoms with van der Waals surface area (Å²) in [4.78, 5) is 11.5. The largest absolute Gasteiger partial charge is 0.453 e. The Morgan fingerprint density at radius 3 is 2.79 bits per heavy atom. The van der Waals surface area contributed by atoms with Gasteiger partial charge in [0.05, 0.1) is 48.2 Å². The van der Waals surface area contributed by atoms with E-state index < -0.39 is 51.6 Å². The maximum atomic E-state index is 13.3. The minimum Gasteiger partial charge on any atom is -0.453 e. The normalized spacial score (nSPS) is 33.1. The van der Waals surface area contributed by atoms with E-state index in [2.05, 4.69) is 10.1 Å². The first kappa shape index (κ1) is 20.1. The molecular weight excluding hydrogens is 415 g/mol. The summed E-state index contributed by atoms with van der Waals surface area (Å²) in [7, 11) is -2.25. The molecule has 0 aromatic heterocycles. The van der Waals surface area contributed by atoms with E-state index in [4.69, 9.17) is 10.00 Å². The Morgan fingerprint density at radius 2 is 2.17 bits per heavy atom. The topological polar surface area (TPSA) is 115 Å². The van der Waals surface area contributed by atoms with Crippen LogP contribution in [0.1, 0.15) is 17.5 Å². The van der Waals surface area contributed by atoms with Crippen LogP contribution in [0, 0.1) is 17.2 Å². The first-order valence-corrected chi connectivity index (χ1v) is 10.3. The minimum absolute atomic E-state index is 0.0254. The molecule has 3 saturated heterocycles. The molecule has 3 N–H and O–H groups in total. The summed E-state index contributed by atoms with van der Waals surface area (Å²) in [6.45, 7) is 0.0523. The fourth-order valence-corrected chi connectivity index (χ4v) is 6.94. The van der Waals surface area contributed by atoms with E-state index in [0.29, 0.717) is 6.42 Å². The number of carbonyl (C=O) groups is 1. The number of hydrogen-bond donors (Lipinski definition) is 3. The van der Waals surface area contributed by atoms with Gasteiger partial charge in [0.15, 0.2) is 0 Å². The number of nitriles is 1. The van der Waals surface area contributed by atoms with Crippen LogP contribution in [0.3, 0.4) is 0 Å². The zero-order valence-corrected chi connectivity index (χ0v) is 15.9. The van der Waals surface area contributed by atoms with E-state index in [0.717, 1.165) is 12.1 Å². The monoisotopic (exact) mass is 433 g/mol. The number of alkyl carbamates (subject to hydrolysis) is 1. The summed E-state index contributed by atoms with van der Waals surface area (Å²) < 4.78 is 73.2. The van der Waals surface area contributed by atoms with Crippen LogP contribution in [0.15, 0.2) is 18.2 Å². The van der Waals surface area contributed by atoms with Crippen molar-refractivity contribution >= 4 is 22.6 Å². The van der Waals surface area contributed by atoms with E-state index >= 15 is 0 Å². The van der Waals surface area contributed by atoms with Gasteiger partial charge >= 0.3 is 12.3 Å². The van der Waals surface area contributed by atoms with Gasteiger partial charge in [-0.1, -0.05) is 0 Å². The van der Waals surface area contributed by atoms with Crippen molar-refractivity contribution in [2.45, 2.75) is 36.1 Å². The predicted molar refractivity (Wildman–Crippen MR) is 96.2 cm³/mol. The maximum Gasteiger partial charge on any atom is 0.417 e. The van der Waals surface area contributed by atoms with Crippen LogP contribution in [-0.2, 0) is 15.7 Å². The summed E-state index contributed by atoms with van der Waals surface area (Å²) >= 11 is 0. The van der Waals surface area contributed by atoms with Gasteiger partial charge < -0.3 is 14.8 Å². The molecule has 3 fully saturated rings. The molecule has 158 valence electrons. The number of ether oxygens (including phenoxy) is 2. The third-order valence-corrected chi connectivity index (χ3v) is 8.09. The Bertz CT molecular complexity index is 890. The number of carbonyl (C=O) groups excluding carboxylic acids is 1. The molecule has 2 bridgehead atoms. The molecule has 3 heterocycles. The lowest BCUT2D eigenvalue weighted by atomic mass is 9.85. The van der Waals surface area contributed by atoms with Gasteiger partial charge in [0.1, 0.15) is 5.25 Å². The number of nitrogens with zero attached hydrogens (tertiary/aromatic N) is 2. The average Bonchev–Trinajstić information content (AvgIpc) is 3.30. The first-order chi connectivity index (χ1) is 13.6. The van der Waals surface area contributed by atoms with E-state index in [1.54, 1.807) is 0 Å². The second-order valence-electron chi connectivity index (χ2n) is 7.21. The maximum absolute atomic E-state index is 13.3. The Kier molecular flexibility index (Phi) is 4.62. The Hall–Kier alpha value is -2.20. The highest BCUT2D eigenvalue weighted by molar-refractivity contribution is 8.26. The van der Waals surface area contributed by atoms with Crippen LogP contribution < -0.4 is 9.62 Å². The fraction of sp³-hybridized carbons (Fsp3) is 0.529. The average molecular weight is 433 g/mol. The smallest absolute Gasteiger partial charge is 0.417 e. The summed E-state index contributed by atoms with van der Waals surface area (Å²) in [5.41, 5.74) is -1.69. The Morgan fingerprint density at radius 1 is 1.45 bits per heavy atom. The van der Waals surface area contributed by atoms with Gasteiger partial charge in [-0.25, -0.2) is 4.79 Å². The number of fused-ring (bicyclic) bond motifs is 5. The van der Waals surface area contributed by atoms with Gasteiger partial charge in [0.25, 0.3) is 0 Å². The van der Waals surface area contributed by atoms with Crippen LogP contribution in [0.5, 0.6) is 0 Å². The summed E-state index contributed by atoms with van der Waals surface area (Å²) in [6, 6.07) is 4.19. The molecule has 8 nitrogen and oxygen atoms in total. The quantitative estimate of drug-likeness (QED) is 0.657. The molecule has 1 aromatic carbocycles. The second kappa shape index (κ2) is 6.66. The molecule has 3 aliphatic rings. The zero-order valence-electron chi connectivity index (χ0n) is 15.1. The van der Waals surface area contributed by atoms with Gasteiger partial charge in [-0.2, -0.15) is 18.4 Å². The van der Waals surface area contributed by atoms with Crippen LogP contribution in [0.2, 0.25) is 0 Å². The van der Waals surface area contributed by atoms with Crippen molar-refractivity contribution in [1.29, 1.82) is 5.26 Å². The number of rotatable bonds is 2. The summed E-state index contributed by atoms with van der Waals surface area (Å²) in [5.74, 6) is -0.383. The molecule has 0 unspecified atom stereocenters. The fourth-order valence-electron chi connectivity index (χ4n) is 4.54. The summed E-state index contributed by atoms with van der Waals surface area (Å²) in [5, 5.41) is 10.9. The highest BCUT2D eigenvalue weighted by atomic mass is 32.3. The van der Waals surface area contributed by atoms with E-state index in [1.165, 1.54) is 23.6 Å². The number of anilines is 1. The highest BCUT2D eigenvalue weighted by Gasteiger charge is 2.64. The van der Waals surface area contributed by atoms with Crippen LogP contribution in [-0.4, -0.2) is 52.4 Å². The predicted octanol–water partition coefficient (Wildman–Crippen LogP) is 2.94. The number of benzene rings is 1. The van der Waals surface area contributed by atoms with Crippen LogP contribution >= 0.6 is 10.8 Å². The molecule has 1 amide bonds. The first-order valence-electron chi connectivity index (χ1n) is 8.74. The molecule has 12 heteroatoms. The number of alkyl halides is 3. The van der Waals surface area contributed by atoms with Gasteiger partial charge in [-0.15, -0.1) is 10.8 Å². The second-order valence-corrected chi connectivity index (χ2v) is 9.31. The van der Waals surface area contributed by atoms with Crippen molar-refractivity contribution in [3.63, 3.8) is 0 Å². The molecule has 0 spiro atoms. The third-order valence-electron chi connectivity index (χ3n) is 5.70. The summed E-state index contributed by atoms with van der Waals surface area (Å²) in [6.07, 6.45) is -6.07. The molecule has 4 rings (SSSR count). The van der Waals surface area contributed by atoms with Crippen molar-refractivity contribution in [1.82, 2.24) is 5.32 Å². The van der Waals surface area contributed by atoms with Gasteiger partial charge in [-0.3, -0.25) is 13.4 Å². The number of hydrogen-bond acceptors (Lipinski definition) is 7. The zero-order chi connectivity index (χ0) is 21.1. The SMILES string of the molecule is COC(=O)N[C@H]1C[C@H]2O[C@@H]1[C@H]1CN(c3ccc(C#N)c(C(F)(F)F)c3)S(O)(O)[C@H]12. The molecule has 29 heavy (non-hydrogen) atoms. The minimum atomic E-state index is -4.75. The number of amides is 1. The molecule has 3 aliphatic heterocycles. The van der Waals surface area contributed by atoms with Crippen molar-refractivity contribution in [2.24, 2.45) is 5.92 Å². The molecule has 5 atom stereocenters. The molecule has 0 aliphatic carbocycles.